The van der Waals surface area contributed by atoms with Crippen LogP contribution in [0, 0.1) is 0 Å². The monoisotopic (exact) mass is 354 g/mol. The van der Waals surface area contributed by atoms with Gasteiger partial charge in [-0.15, -0.1) is 0 Å². The standard InChI is InChI=1S/C19H15ClN2O3/c20-14-9-12(11-4-2-1-3-5-11)8-13-10-22(19(25)17(13)14)15-6-7-16(23)21-18(15)24/h1-5,8-9,15H,6-7,10H2,(H,21,23,24). The molecule has 2 heterocycles. The first-order valence-electron chi connectivity index (χ1n) is 8.07. The third-order valence-corrected chi connectivity index (χ3v) is 4.98. The van der Waals surface area contributed by atoms with Crippen LogP contribution >= 0.6 is 11.6 Å². The highest BCUT2D eigenvalue weighted by Crippen LogP contribution is 2.36. The molecule has 3 amide bonds. The maximum Gasteiger partial charge on any atom is 0.256 e. The SMILES string of the molecule is O=C1CCC(N2Cc3cc(-c4ccccc4)cc(Cl)c3C2=O)C(=O)N1. The molecule has 2 aliphatic heterocycles. The molecule has 0 saturated carbocycles. The van der Waals surface area contributed by atoms with Gasteiger partial charge in [0, 0.05) is 13.0 Å². The van der Waals surface area contributed by atoms with Crippen LogP contribution in [-0.4, -0.2) is 28.7 Å². The van der Waals surface area contributed by atoms with E-state index in [2.05, 4.69) is 5.32 Å². The van der Waals surface area contributed by atoms with Gasteiger partial charge in [0.05, 0.1) is 10.6 Å². The van der Waals surface area contributed by atoms with E-state index in [1.54, 1.807) is 6.07 Å². The molecule has 1 saturated heterocycles. The maximum absolute atomic E-state index is 12.8. The van der Waals surface area contributed by atoms with Crippen molar-refractivity contribution in [3.8, 4) is 11.1 Å². The van der Waals surface area contributed by atoms with Gasteiger partial charge >= 0.3 is 0 Å². The first kappa shape index (κ1) is 15.8. The fourth-order valence-electron chi connectivity index (χ4n) is 3.46. The Hall–Kier alpha value is -2.66. The normalized spacial score (nSPS) is 19.8. The third-order valence-electron chi connectivity index (χ3n) is 4.68. The molecular formula is C19H15ClN2O3. The Balaban J connectivity index is 1.68. The van der Waals surface area contributed by atoms with Crippen LogP contribution in [0.3, 0.4) is 0 Å². The Morgan fingerprint density at radius 1 is 1.04 bits per heavy atom. The van der Waals surface area contributed by atoms with Crippen molar-refractivity contribution in [2.24, 2.45) is 0 Å². The summed E-state index contributed by atoms with van der Waals surface area (Å²) >= 11 is 6.38. The average molecular weight is 355 g/mol. The molecule has 0 aromatic heterocycles. The van der Waals surface area contributed by atoms with E-state index in [1.807, 2.05) is 36.4 Å². The molecule has 0 bridgehead atoms. The molecule has 126 valence electrons. The van der Waals surface area contributed by atoms with E-state index in [0.717, 1.165) is 16.7 Å². The van der Waals surface area contributed by atoms with Crippen LogP contribution in [0.1, 0.15) is 28.8 Å². The summed E-state index contributed by atoms with van der Waals surface area (Å²) in [6.07, 6.45) is 0.576. The lowest BCUT2D eigenvalue weighted by molar-refractivity contribution is -0.136. The molecule has 4 rings (SSSR count). The van der Waals surface area contributed by atoms with Gasteiger partial charge in [0.1, 0.15) is 6.04 Å². The number of halogens is 1. The molecule has 25 heavy (non-hydrogen) atoms. The molecule has 2 aromatic rings. The van der Waals surface area contributed by atoms with Gasteiger partial charge in [-0.1, -0.05) is 41.9 Å². The van der Waals surface area contributed by atoms with Crippen molar-refractivity contribution in [3.05, 3.63) is 58.6 Å². The molecule has 1 unspecified atom stereocenters. The van der Waals surface area contributed by atoms with Crippen molar-refractivity contribution in [1.82, 2.24) is 10.2 Å². The van der Waals surface area contributed by atoms with Crippen LogP contribution in [0.4, 0.5) is 0 Å². The highest BCUT2D eigenvalue weighted by Gasteiger charge is 2.40. The Morgan fingerprint density at radius 3 is 2.52 bits per heavy atom. The number of benzene rings is 2. The van der Waals surface area contributed by atoms with Crippen LogP contribution < -0.4 is 5.32 Å². The minimum absolute atomic E-state index is 0.236. The van der Waals surface area contributed by atoms with Crippen molar-refractivity contribution in [3.63, 3.8) is 0 Å². The van der Waals surface area contributed by atoms with E-state index in [9.17, 15) is 14.4 Å². The zero-order valence-electron chi connectivity index (χ0n) is 13.3. The molecule has 0 radical (unpaired) electrons. The van der Waals surface area contributed by atoms with Gasteiger partial charge in [-0.25, -0.2) is 0 Å². The van der Waals surface area contributed by atoms with E-state index < -0.39 is 11.9 Å². The smallest absolute Gasteiger partial charge is 0.256 e. The van der Waals surface area contributed by atoms with E-state index >= 15 is 0 Å². The summed E-state index contributed by atoms with van der Waals surface area (Å²) in [7, 11) is 0. The first-order chi connectivity index (χ1) is 12.0. The molecular weight excluding hydrogens is 340 g/mol. The zero-order chi connectivity index (χ0) is 17.6. The number of nitrogens with zero attached hydrogens (tertiary/aromatic N) is 1. The van der Waals surface area contributed by atoms with Crippen molar-refractivity contribution >= 4 is 29.3 Å². The second kappa shape index (κ2) is 6.01. The van der Waals surface area contributed by atoms with Crippen LogP contribution in [0.2, 0.25) is 5.02 Å². The Morgan fingerprint density at radius 2 is 1.80 bits per heavy atom. The van der Waals surface area contributed by atoms with Crippen LogP contribution in [0.15, 0.2) is 42.5 Å². The number of hydrogen-bond acceptors (Lipinski definition) is 3. The fourth-order valence-corrected chi connectivity index (χ4v) is 3.78. The minimum Gasteiger partial charge on any atom is -0.322 e. The van der Waals surface area contributed by atoms with Gasteiger partial charge in [0.15, 0.2) is 0 Å². The lowest BCUT2D eigenvalue weighted by atomic mass is 10.0. The van der Waals surface area contributed by atoms with E-state index in [4.69, 9.17) is 11.6 Å². The summed E-state index contributed by atoms with van der Waals surface area (Å²) in [4.78, 5) is 37.7. The lowest BCUT2D eigenvalue weighted by Crippen LogP contribution is -2.52. The van der Waals surface area contributed by atoms with Crippen LogP contribution in [-0.2, 0) is 16.1 Å². The van der Waals surface area contributed by atoms with Crippen molar-refractivity contribution in [2.75, 3.05) is 0 Å². The first-order valence-corrected chi connectivity index (χ1v) is 8.45. The number of imide groups is 1. The topological polar surface area (TPSA) is 66.5 Å². The van der Waals surface area contributed by atoms with Gasteiger partial charge in [-0.2, -0.15) is 0 Å². The van der Waals surface area contributed by atoms with Crippen molar-refractivity contribution in [2.45, 2.75) is 25.4 Å². The second-order valence-electron chi connectivity index (χ2n) is 6.26. The molecule has 1 N–H and O–H groups in total. The molecule has 0 spiro atoms. The number of amides is 3. The Bertz CT molecular complexity index is 895. The van der Waals surface area contributed by atoms with E-state index in [0.29, 0.717) is 23.6 Å². The summed E-state index contributed by atoms with van der Waals surface area (Å²) in [5, 5.41) is 2.69. The number of hydrogen-bond donors (Lipinski definition) is 1. The molecule has 5 nitrogen and oxygen atoms in total. The number of carbonyl (C=O) groups excluding carboxylic acids is 3. The van der Waals surface area contributed by atoms with Crippen LogP contribution in [0.25, 0.3) is 11.1 Å². The molecule has 1 fully saturated rings. The molecule has 2 aliphatic rings. The van der Waals surface area contributed by atoms with Gasteiger partial charge in [-0.3, -0.25) is 19.7 Å². The third kappa shape index (κ3) is 2.70. The van der Waals surface area contributed by atoms with Gasteiger partial charge < -0.3 is 4.90 Å². The van der Waals surface area contributed by atoms with E-state index in [-0.39, 0.29) is 18.2 Å². The number of nitrogens with one attached hydrogen (secondary N) is 1. The molecule has 1 atom stereocenters. The highest BCUT2D eigenvalue weighted by atomic mass is 35.5. The summed E-state index contributed by atoms with van der Waals surface area (Å²) in [6.45, 7) is 0.320. The number of carbonyl (C=O) groups is 3. The minimum atomic E-state index is -0.631. The summed E-state index contributed by atoms with van der Waals surface area (Å²) in [5.74, 6) is -0.972. The predicted molar refractivity (Wildman–Crippen MR) is 92.9 cm³/mol. The van der Waals surface area contributed by atoms with Crippen LogP contribution in [0.5, 0.6) is 0 Å². The zero-order valence-corrected chi connectivity index (χ0v) is 14.0. The largest absolute Gasteiger partial charge is 0.322 e. The summed E-state index contributed by atoms with van der Waals surface area (Å²) in [6, 6.07) is 12.9. The summed E-state index contributed by atoms with van der Waals surface area (Å²) < 4.78 is 0. The molecule has 2 aromatic carbocycles. The maximum atomic E-state index is 12.8. The Labute approximate surface area is 149 Å². The quantitative estimate of drug-likeness (QED) is 0.843. The predicted octanol–water partition coefficient (Wildman–Crippen LogP) is 2.77. The fraction of sp³-hybridized carbons (Fsp3) is 0.211. The number of rotatable bonds is 2. The number of fused-ring (bicyclic) bond motifs is 1. The highest BCUT2D eigenvalue weighted by molar-refractivity contribution is 6.34. The second-order valence-corrected chi connectivity index (χ2v) is 6.67. The van der Waals surface area contributed by atoms with Gasteiger partial charge in [0.2, 0.25) is 11.8 Å². The summed E-state index contributed by atoms with van der Waals surface area (Å²) in [5.41, 5.74) is 3.20. The van der Waals surface area contributed by atoms with Crippen molar-refractivity contribution in [1.29, 1.82) is 0 Å². The number of piperidine rings is 1. The average Bonchev–Trinajstić information content (AvgIpc) is 2.93. The Kier molecular flexibility index (Phi) is 3.81. The molecule has 6 heteroatoms. The van der Waals surface area contributed by atoms with Crippen molar-refractivity contribution < 1.29 is 14.4 Å². The molecule has 0 aliphatic carbocycles. The van der Waals surface area contributed by atoms with Gasteiger partial charge in [0.25, 0.3) is 5.91 Å². The van der Waals surface area contributed by atoms with Gasteiger partial charge in [-0.05, 0) is 35.2 Å². The van der Waals surface area contributed by atoms with E-state index in [1.165, 1.54) is 4.90 Å². The lowest BCUT2D eigenvalue weighted by Gasteiger charge is -2.29.